The lowest BCUT2D eigenvalue weighted by Gasteiger charge is -2.19. The van der Waals surface area contributed by atoms with Gasteiger partial charge in [-0.05, 0) is 26.3 Å². The molecule has 6 nitrogen and oxygen atoms in total. The minimum Gasteiger partial charge on any atom is -0.445 e. The van der Waals surface area contributed by atoms with E-state index in [1.807, 2.05) is 13.8 Å². The van der Waals surface area contributed by atoms with E-state index in [0.717, 1.165) is 36.9 Å². The molecule has 0 radical (unpaired) electrons. The SMILES string of the molecule is Cc1cnc(CN2CCC[C@@H]2c2noc(C)n2)o1. The molecule has 0 aliphatic carbocycles. The zero-order valence-corrected chi connectivity index (χ0v) is 10.6. The molecule has 0 N–H and O–H groups in total. The lowest BCUT2D eigenvalue weighted by atomic mass is 10.2. The minimum absolute atomic E-state index is 0.217. The third kappa shape index (κ3) is 2.15. The summed E-state index contributed by atoms with van der Waals surface area (Å²) in [6, 6.07) is 0.217. The number of likely N-dealkylation sites (tertiary alicyclic amines) is 1. The Kier molecular flexibility index (Phi) is 2.87. The Labute approximate surface area is 105 Å². The molecule has 1 aliphatic heterocycles. The second kappa shape index (κ2) is 4.53. The van der Waals surface area contributed by atoms with E-state index in [-0.39, 0.29) is 6.04 Å². The summed E-state index contributed by atoms with van der Waals surface area (Å²) in [6.07, 6.45) is 3.94. The van der Waals surface area contributed by atoms with Crippen molar-refractivity contribution in [3.05, 3.63) is 29.6 Å². The standard InChI is InChI=1S/C12H16N4O2/c1-8-6-13-11(17-8)7-16-5-3-4-10(16)12-14-9(2)18-15-12/h6,10H,3-5,7H2,1-2H3/t10-/m1/s1. The van der Waals surface area contributed by atoms with Crippen molar-refractivity contribution < 1.29 is 8.94 Å². The van der Waals surface area contributed by atoms with Gasteiger partial charge in [-0.3, -0.25) is 4.90 Å². The molecule has 1 atom stereocenters. The Hall–Kier alpha value is -1.69. The molecule has 18 heavy (non-hydrogen) atoms. The molecular weight excluding hydrogens is 232 g/mol. The first kappa shape index (κ1) is 11.4. The van der Waals surface area contributed by atoms with Crippen LogP contribution in [0.15, 0.2) is 15.1 Å². The molecule has 1 fully saturated rings. The molecule has 0 spiro atoms. The third-order valence-electron chi connectivity index (χ3n) is 3.21. The van der Waals surface area contributed by atoms with Crippen molar-refractivity contribution >= 4 is 0 Å². The Balaban J connectivity index is 1.75. The Morgan fingerprint density at radius 2 is 2.33 bits per heavy atom. The van der Waals surface area contributed by atoms with Gasteiger partial charge in [0.15, 0.2) is 5.82 Å². The fourth-order valence-electron chi connectivity index (χ4n) is 2.41. The molecule has 96 valence electrons. The molecule has 6 heteroatoms. The van der Waals surface area contributed by atoms with Gasteiger partial charge in [0.25, 0.3) is 0 Å². The summed E-state index contributed by atoms with van der Waals surface area (Å²) >= 11 is 0. The van der Waals surface area contributed by atoms with Crippen LogP contribution >= 0.6 is 0 Å². The summed E-state index contributed by atoms with van der Waals surface area (Å²) in [4.78, 5) is 10.8. The minimum atomic E-state index is 0.217. The van der Waals surface area contributed by atoms with E-state index in [9.17, 15) is 0 Å². The van der Waals surface area contributed by atoms with Gasteiger partial charge in [-0.2, -0.15) is 4.98 Å². The Bertz CT molecular complexity index is 534. The maximum atomic E-state index is 5.52. The molecule has 3 rings (SSSR count). The molecule has 1 saturated heterocycles. The Morgan fingerprint density at radius 1 is 1.44 bits per heavy atom. The van der Waals surface area contributed by atoms with Crippen molar-refractivity contribution in [1.29, 1.82) is 0 Å². The largest absolute Gasteiger partial charge is 0.445 e. The van der Waals surface area contributed by atoms with E-state index >= 15 is 0 Å². The van der Waals surface area contributed by atoms with Gasteiger partial charge in [0.2, 0.25) is 11.8 Å². The van der Waals surface area contributed by atoms with Gasteiger partial charge in [0.05, 0.1) is 18.8 Å². The summed E-state index contributed by atoms with van der Waals surface area (Å²) in [5.74, 6) is 2.98. The van der Waals surface area contributed by atoms with Crippen LogP contribution in [0, 0.1) is 13.8 Å². The molecular formula is C12H16N4O2. The second-order valence-electron chi connectivity index (χ2n) is 4.66. The monoisotopic (exact) mass is 248 g/mol. The lowest BCUT2D eigenvalue weighted by molar-refractivity contribution is 0.211. The normalized spacial score (nSPS) is 20.7. The van der Waals surface area contributed by atoms with Crippen molar-refractivity contribution in [3.63, 3.8) is 0 Å². The van der Waals surface area contributed by atoms with E-state index in [1.165, 1.54) is 0 Å². The highest BCUT2D eigenvalue weighted by Gasteiger charge is 2.30. The average Bonchev–Trinajstić information content (AvgIpc) is 3.01. The van der Waals surface area contributed by atoms with E-state index in [2.05, 4.69) is 20.0 Å². The zero-order valence-electron chi connectivity index (χ0n) is 10.6. The first-order chi connectivity index (χ1) is 8.72. The summed E-state index contributed by atoms with van der Waals surface area (Å²) in [5, 5.41) is 4.02. The smallest absolute Gasteiger partial charge is 0.223 e. The van der Waals surface area contributed by atoms with E-state index in [4.69, 9.17) is 8.94 Å². The molecule has 0 bridgehead atoms. The molecule has 0 amide bonds. The lowest BCUT2D eigenvalue weighted by Crippen LogP contribution is -2.23. The van der Waals surface area contributed by atoms with Crippen LogP contribution in [0.25, 0.3) is 0 Å². The van der Waals surface area contributed by atoms with Crippen LogP contribution in [0.1, 0.15) is 42.2 Å². The molecule has 0 aromatic carbocycles. The second-order valence-corrected chi connectivity index (χ2v) is 4.66. The molecule has 2 aromatic rings. The third-order valence-corrected chi connectivity index (χ3v) is 3.21. The van der Waals surface area contributed by atoms with E-state index in [0.29, 0.717) is 12.4 Å². The Morgan fingerprint density at radius 3 is 3.00 bits per heavy atom. The van der Waals surface area contributed by atoms with Gasteiger partial charge in [-0.15, -0.1) is 0 Å². The average molecular weight is 248 g/mol. The van der Waals surface area contributed by atoms with Gasteiger partial charge < -0.3 is 8.94 Å². The summed E-state index contributed by atoms with van der Waals surface area (Å²) in [7, 11) is 0. The van der Waals surface area contributed by atoms with Crippen LogP contribution in [-0.2, 0) is 6.54 Å². The highest BCUT2D eigenvalue weighted by molar-refractivity contribution is 4.99. The van der Waals surface area contributed by atoms with Gasteiger partial charge in [0, 0.05) is 6.92 Å². The van der Waals surface area contributed by atoms with E-state index in [1.54, 1.807) is 6.20 Å². The topological polar surface area (TPSA) is 68.2 Å². The zero-order chi connectivity index (χ0) is 12.5. The summed E-state index contributed by atoms with van der Waals surface area (Å²) in [5.41, 5.74) is 0. The summed E-state index contributed by atoms with van der Waals surface area (Å²) in [6.45, 7) is 5.43. The first-order valence-electron chi connectivity index (χ1n) is 6.18. The fraction of sp³-hybridized carbons (Fsp3) is 0.583. The van der Waals surface area contributed by atoms with Crippen LogP contribution in [0.2, 0.25) is 0 Å². The van der Waals surface area contributed by atoms with Crippen molar-refractivity contribution in [2.24, 2.45) is 0 Å². The first-order valence-corrected chi connectivity index (χ1v) is 6.18. The molecule has 2 aromatic heterocycles. The predicted molar refractivity (Wildman–Crippen MR) is 62.7 cm³/mol. The molecule has 3 heterocycles. The maximum Gasteiger partial charge on any atom is 0.223 e. The highest BCUT2D eigenvalue weighted by Crippen LogP contribution is 2.31. The molecule has 0 unspecified atom stereocenters. The molecule has 0 saturated carbocycles. The van der Waals surface area contributed by atoms with Crippen LogP contribution < -0.4 is 0 Å². The van der Waals surface area contributed by atoms with Crippen LogP contribution in [0.4, 0.5) is 0 Å². The number of hydrogen-bond donors (Lipinski definition) is 0. The van der Waals surface area contributed by atoms with Crippen molar-refractivity contribution in [3.8, 4) is 0 Å². The number of aromatic nitrogens is 3. The van der Waals surface area contributed by atoms with Gasteiger partial charge >= 0.3 is 0 Å². The fourth-order valence-corrected chi connectivity index (χ4v) is 2.41. The van der Waals surface area contributed by atoms with E-state index < -0.39 is 0 Å². The predicted octanol–water partition coefficient (Wildman–Crippen LogP) is 2.01. The van der Waals surface area contributed by atoms with Crippen molar-refractivity contribution in [2.45, 2.75) is 39.3 Å². The van der Waals surface area contributed by atoms with Gasteiger partial charge in [-0.25, -0.2) is 4.98 Å². The van der Waals surface area contributed by atoms with Crippen LogP contribution in [0.5, 0.6) is 0 Å². The number of oxazole rings is 1. The van der Waals surface area contributed by atoms with Crippen molar-refractivity contribution in [2.75, 3.05) is 6.54 Å². The van der Waals surface area contributed by atoms with Crippen LogP contribution in [0.3, 0.4) is 0 Å². The number of rotatable bonds is 3. The van der Waals surface area contributed by atoms with Gasteiger partial charge in [0.1, 0.15) is 5.76 Å². The number of nitrogens with zero attached hydrogens (tertiary/aromatic N) is 4. The van der Waals surface area contributed by atoms with Gasteiger partial charge in [-0.1, -0.05) is 5.16 Å². The quantitative estimate of drug-likeness (QED) is 0.827. The number of aryl methyl sites for hydroxylation is 2. The van der Waals surface area contributed by atoms with Crippen LogP contribution in [-0.4, -0.2) is 26.6 Å². The highest BCUT2D eigenvalue weighted by atomic mass is 16.5. The van der Waals surface area contributed by atoms with Crippen molar-refractivity contribution in [1.82, 2.24) is 20.0 Å². The maximum absolute atomic E-state index is 5.52. The number of hydrogen-bond acceptors (Lipinski definition) is 6. The summed E-state index contributed by atoms with van der Waals surface area (Å²) < 4.78 is 10.6. The molecule has 1 aliphatic rings.